The minimum Gasteiger partial charge on any atom is -1.00 e. The molecule has 0 aliphatic rings. The minimum atomic E-state index is -0.300. The van der Waals surface area contributed by atoms with Gasteiger partial charge in [-0.25, -0.2) is 4.39 Å². The molecule has 0 radical (unpaired) electrons. The summed E-state index contributed by atoms with van der Waals surface area (Å²) in [4.78, 5) is 0. The molecular weight excluding hydrogens is 179 g/mol. The first-order chi connectivity index (χ1) is 4.33. The molecule has 0 aliphatic heterocycles. The Morgan fingerprint density at radius 3 is 2.55 bits per heavy atom. The molecule has 0 fully saturated rings. The van der Waals surface area contributed by atoms with E-state index in [4.69, 9.17) is 4.74 Å². The number of ether oxygens (including phenoxy) is 1. The molecule has 0 bridgehead atoms. The largest absolute Gasteiger partial charge is 2.00 e. The van der Waals surface area contributed by atoms with Crippen LogP contribution in [-0.4, -0.2) is 30.2 Å². The first-order valence-electron chi connectivity index (χ1n) is 2.54. The summed E-state index contributed by atoms with van der Waals surface area (Å²) in [6.07, 6.45) is 0. The van der Waals surface area contributed by atoms with Gasteiger partial charge in [0.05, 0.1) is 7.11 Å². The molecule has 0 saturated carbocycles. The van der Waals surface area contributed by atoms with Gasteiger partial charge < -0.3 is 17.1 Å². The molecule has 1 nitrogen and oxygen atoms in total. The second-order valence-electron chi connectivity index (χ2n) is 1.58. The van der Waals surface area contributed by atoms with Crippen LogP contribution in [0.5, 0.6) is 5.75 Å². The van der Waals surface area contributed by atoms with Crippen molar-refractivity contribution >= 4 is 23.1 Å². The summed E-state index contributed by atoms with van der Waals surface area (Å²) < 4.78 is 17.0. The monoisotopic (exact) mass is 184 g/mol. The van der Waals surface area contributed by atoms with E-state index in [1.165, 1.54) is 25.3 Å². The van der Waals surface area contributed by atoms with Crippen LogP contribution in [-0.2, 0) is 0 Å². The third kappa shape index (κ3) is 4.45. The fourth-order valence-corrected chi connectivity index (χ4v) is 0.536. The number of methoxy groups -OCH3 is 1. The molecule has 4 heteroatoms. The zero-order valence-electron chi connectivity index (χ0n) is 6.10. The Bertz CT molecular complexity index is 207. The number of hydrogen-bond donors (Lipinski definition) is 0. The Kier molecular flexibility index (Phi) is 8.28. The van der Waals surface area contributed by atoms with Crippen molar-refractivity contribution < 1.29 is 21.5 Å². The van der Waals surface area contributed by atoms with E-state index in [2.05, 4.69) is 6.07 Å². The molecule has 0 spiro atoms. The fourth-order valence-electron chi connectivity index (χ4n) is 0.536. The molecule has 0 aliphatic carbocycles. The maximum absolute atomic E-state index is 12.3. The van der Waals surface area contributed by atoms with E-state index in [1.807, 2.05) is 0 Å². The van der Waals surface area contributed by atoms with Gasteiger partial charge in [-0.15, -0.1) is 12.1 Å². The van der Waals surface area contributed by atoms with E-state index in [1.54, 1.807) is 0 Å². The third-order valence-electron chi connectivity index (χ3n) is 0.957. The van der Waals surface area contributed by atoms with E-state index >= 15 is 0 Å². The van der Waals surface area contributed by atoms with Gasteiger partial charge in [-0.3, -0.25) is 0 Å². The van der Waals surface area contributed by atoms with Crippen LogP contribution >= 0.6 is 0 Å². The van der Waals surface area contributed by atoms with Crippen molar-refractivity contribution in [1.82, 2.24) is 0 Å². The van der Waals surface area contributed by atoms with Crippen LogP contribution in [0.2, 0.25) is 0 Å². The standard InChI is InChI=1S/C7H6FO.ClH.Mg/c1-9-7-4-2-3-6(8)5-7;;/h2-3,5H,1H3;1H;/q-1;;+2/p-1. The quantitative estimate of drug-likeness (QED) is 0.372. The maximum Gasteiger partial charge on any atom is 2.00 e. The van der Waals surface area contributed by atoms with Crippen molar-refractivity contribution in [3.05, 3.63) is 30.1 Å². The van der Waals surface area contributed by atoms with Crippen LogP contribution < -0.4 is 17.1 Å². The van der Waals surface area contributed by atoms with Crippen LogP contribution in [0.1, 0.15) is 0 Å². The average Bonchev–Trinajstić information content (AvgIpc) is 1.88. The molecule has 1 aromatic carbocycles. The van der Waals surface area contributed by atoms with Gasteiger partial charge >= 0.3 is 23.1 Å². The smallest absolute Gasteiger partial charge is 1.00 e. The number of hydrogen-bond acceptors (Lipinski definition) is 1. The summed E-state index contributed by atoms with van der Waals surface area (Å²) in [6.45, 7) is 0. The molecule has 0 N–H and O–H groups in total. The average molecular weight is 185 g/mol. The van der Waals surface area contributed by atoms with E-state index in [-0.39, 0.29) is 41.3 Å². The molecule has 1 aromatic rings. The fraction of sp³-hybridized carbons (Fsp3) is 0.143. The summed E-state index contributed by atoms with van der Waals surface area (Å²) in [5.41, 5.74) is 0. The minimum absolute atomic E-state index is 0. The van der Waals surface area contributed by atoms with Gasteiger partial charge in [0.2, 0.25) is 0 Å². The third-order valence-corrected chi connectivity index (χ3v) is 0.957. The van der Waals surface area contributed by atoms with Gasteiger partial charge in [0.25, 0.3) is 0 Å². The second kappa shape index (κ2) is 6.70. The maximum atomic E-state index is 12.3. The van der Waals surface area contributed by atoms with Crippen LogP contribution in [0.25, 0.3) is 0 Å². The summed E-state index contributed by atoms with van der Waals surface area (Å²) >= 11 is 0. The Labute approximate surface area is 87.5 Å². The normalized spacial score (nSPS) is 7.45. The summed E-state index contributed by atoms with van der Waals surface area (Å²) in [5, 5.41) is 0. The summed E-state index contributed by atoms with van der Waals surface area (Å²) in [5.74, 6) is 0.126. The molecule has 0 atom stereocenters. The van der Waals surface area contributed by atoms with Gasteiger partial charge in [0, 0.05) is 11.6 Å². The predicted octanol–water partition coefficient (Wildman–Crippen LogP) is -1.74. The van der Waals surface area contributed by atoms with E-state index < -0.39 is 0 Å². The molecule has 0 unspecified atom stereocenters. The molecule has 1 rings (SSSR count). The van der Waals surface area contributed by atoms with E-state index in [9.17, 15) is 4.39 Å². The Hall–Kier alpha value is 0.00623. The van der Waals surface area contributed by atoms with Crippen LogP contribution in [0.3, 0.4) is 0 Å². The number of benzene rings is 1. The SMILES string of the molecule is COc1[c-]ccc(F)c1.[Cl-].[Mg+2]. The molecule has 11 heavy (non-hydrogen) atoms. The van der Waals surface area contributed by atoms with E-state index in [0.29, 0.717) is 5.75 Å². The van der Waals surface area contributed by atoms with Crippen molar-refractivity contribution in [2.24, 2.45) is 0 Å². The Morgan fingerprint density at radius 1 is 1.55 bits per heavy atom. The zero-order chi connectivity index (χ0) is 6.69. The number of halogens is 2. The van der Waals surface area contributed by atoms with Gasteiger partial charge in [0.15, 0.2) is 0 Å². The molecule has 0 aromatic heterocycles. The first kappa shape index (κ1) is 13.6. The molecule has 56 valence electrons. The van der Waals surface area contributed by atoms with Crippen molar-refractivity contribution in [3.8, 4) is 5.75 Å². The topological polar surface area (TPSA) is 9.23 Å². The van der Waals surface area contributed by atoms with Crippen molar-refractivity contribution in [1.29, 1.82) is 0 Å². The van der Waals surface area contributed by atoms with Gasteiger partial charge in [-0.2, -0.15) is 6.07 Å². The second-order valence-corrected chi connectivity index (χ2v) is 1.58. The Morgan fingerprint density at radius 2 is 2.18 bits per heavy atom. The molecule has 0 heterocycles. The van der Waals surface area contributed by atoms with E-state index in [0.717, 1.165) is 0 Å². The van der Waals surface area contributed by atoms with Crippen LogP contribution in [0.15, 0.2) is 18.2 Å². The van der Waals surface area contributed by atoms with Crippen molar-refractivity contribution in [2.45, 2.75) is 0 Å². The van der Waals surface area contributed by atoms with Gasteiger partial charge in [0.1, 0.15) is 0 Å². The van der Waals surface area contributed by atoms with Crippen LogP contribution in [0.4, 0.5) is 4.39 Å². The molecular formula is C7H6ClFMgO. The molecule has 0 saturated heterocycles. The van der Waals surface area contributed by atoms with Crippen LogP contribution in [0, 0.1) is 11.9 Å². The van der Waals surface area contributed by atoms with Crippen molar-refractivity contribution in [2.75, 3.05) is 7.11 Å². The first-order valence-corrected chi connectivity index (χ1v) is 2.54. The zero-order valence-corrected chi connectivity index (χ0v) is 8.27. The number of rotatable bonds is 1. The Balaban J connectivity index is 0. The van der Waals surface area contributed by atoms with Gasteiger partial charge in [-0.05, 0) is 0 Å². The van der Waals surface area contributed by atoms with Gasteiger partial charge in [-0.1, -0.05) is 6.07 Å². The predicted molar refractivity (Wildman–Crippen MR) is 37.5 cm³/mol. The summed E-state index contributed by atoms with van der Waals surface area (Å²) in [7, 11) is 1.48. The molecule has 0 amide bonds. The summed E-state index contributed by atoms with van der Waals surface area (Å²) in [6, 6.07) is 6.78. The van der Waals surface area contributed by atoms with Crippen molar-refractivity contribution in [3.63, 3.8) is 0 Å².